The maximum absolute atomic E-state index is 5.79. The maximum atomic E-state index is 5.79. The Balaban J connectivity index is 2.16. The molecule has 0 amide bonds. The lowest BCUT2D eigenvalue weighted by Gasteiger charge is -2.24. The third-order valence-corrected chi connectivity index (χ3v) is 2.64. The van der Waals surface area contributed by atoms with E-state index >= 15 is 0 Å². The molecule has 1 N–H and O–H groups in total. The zero-order valence-electron chi connectivity index (χ0n) is 8.88. The Morgan fingerprint density at radius 2 is 2.33 bits per heavy atom. The zero-order chi connectivity index (χ0) is 10.9. The highest BCUT2D eigenvalue weighted by molar-refractivity contribution is 6.28. The van der Waals surface area contributed by atoms with Crippen molar-refractivity contribution in [1.29, 1.82) is 0 Å². The van der Waals surface area contributed by atoms with Gasteiger partial charge < -0.3 is 10.1 Å². The van der Waals surface area contributed by atoms with E-state index in [1.807, 2.05) is 13.0 Å². The van der Waals surface area contributed by atoms with Crippen molar-refractivity contribution in [3.8, 4) is 0 Å². The number of halogens is 1. The second-order valence-corrected chi connectivity index (χ2v) is 4.49. The predicted octanol–water partition coefficient (Wildman–Crippen LogP) is 2.03. The predicted molar refractivity (Wildman–Crippen MR) is 59.2 cm³/mol. The van der Waals surface area contributed by atoms with Gasteiger partial charge in [0.25, 0.3) is 0 Å². The summed E-state index contributed by atoms with van der Waals surface area (Å²) in [7, 11) is 0. The van der Waals surface area contributed by atoms with Gasteiger partial charge in [0.2, 0.25) is 5.28 Å². The lowest BCUT2D eigenvalue weighted by atomic mass is 10.0. The van der Waals surface area contributed by atoms with Crippen molar-refractivity contribution >= 4 is 17.4 Å². The molecule has 82 valence electrons. The first-order chi connectivity index (χ1) is 7.07. The third kappa shape index (κ3) is 2.58. The molecule has 1 aliphatic heterocycles. The first-order valence-electron chi connectivity index (χ1n) is 4.95. The van der Waals surface area contributed by atoms with E-state index in [1.165, 1.54) is 0 Å². The average molecular weight is 228 g/mol. The minimum Gasteiger partial charge on any atom is -0.379 e. The second-order valence-electron chi connectivity index (χ2n) is 4.15. The summed E-state index contributed by atoms with van der Waals surface area (Å²) in [6, 6.07) is 1.88. The van der Waals surface area contributed by atoms with Gasteiger partial charge in [-0.15, -0.1) is 0 Å². The van der Waals surface area contributed by atoms with Gasteiger partial charge in [0, 0.05) is 18.4 Å². The van der Waals surface area contributed by atoms with Crippen LogP contribution in [-0.4, -0.2) is 28.7 Å². The van der Waals surface area contributed by atoms with E-state index in [9.17, 15) is 0 Å². The van der Waals surface area contributed by atoms with Crippen molar-refractivity contribution in [2.24, 2.45) is 0 Å². The summed E-state index contributed by atoms with van der Waals surface area (Å²) in [5.74, 6) is 0.764. The van der Waals surface area contributed by atoms with Crippen LogP contribution in [-0.2, 0) is 4.74 Å². The van der Waals surface area contributed by atoms with Gasteiger partial charge >= 0.3 is 0 Å². The number of hydrogen-bond donors (Lipinski definition) is 1. The van der Waals surface area contributed by atoms with Crippen LogP contribution in [0, 0.1) is 6.92 Å². The summed E-state index contributed by atoms with van der Waals surface area (Å²) in [6.45, 7) is 5.51. The number of rotatable bonds is 2. The Labute approximate surface area is 94.0 Å². The highest BCUT2D eigenvalue weighted by atomic mass is 35.5. The molecule has 1 unspecified atom stereocenters. The fraction of sp³-hybridized carbons (Fsp3) is 0.600. The summed E-state index contributed by atoms with van der Waals surface area (Å²) in [6.07, 6.45) is 0.980. The number of ether oxygens (including phenoxy) is 1. The van der Waals surface area contributed by atoms with Crippen LogP contribution in [0.4, 0.5) is 5.82 Å². The third-order valence-electron chi connectivity index (χ3n) is 2.48. The fourth-order valence-corrected chi connectivity index (χ4v) is 1.90. The highest BCUT2D eigenvalue weighted by Gasteiger charge is 2.29. The van der Waals surface area contributed by atoms with Crippen LogP contribution < -0.4 is 5.32 Å². The lowest BCUT2D eigenvalue weighted by Crippen LogP contribution is -2.35. The van der Waals surface area contributed by atoms with Crippen LogP contribution in [0.25, 0.3) is 0 Å². The smallest absolute Gasteiger partial charge is 0.224 e. The molecule has 5 heteroatoms. The molecule has 0 aliphatic carbocycles. The molecule has 1 atom stereocenters. The number of anilines is 1. The molecular weight excluding hydrogens is 214 g/mol. The molecular formula is C10H14ClN3O. The molecule has 4 nitrogen and oxygen atoms in total. The van der Waals surface area contributed by atoms with E-state index in [-0.39, 0.29) is 10.8 Å². The molecule has 0 radical (unpaired) electrons. The zero-order valence-corrected chi connectivity index (χ0v) is 9.64. The van der Waals surface area contributed by atoms with E-state index in [1.54, 1.807) is 0 Å². The molecule has 2 rings (SSSR count). The monoisotopic (exact) mass is 227 g/mol. The SMILES string of the molecule is Cc1cc(NC2(C)CCOC2)nc(Cl)n1. The largest absolute Gasteiger partial charge is 0.379 e. The van der Waals surface area contributed by atoms with Gasteiger partial charge in [0.05, 0.1) is 12.1 Å². The highest BCUT2D eigenvalue weighted by Crippen LogP contribution is 2.23. The first kappa shape index (κ1) is 10.6. The van der Waals surface area contributed by atoms with E-state index < -0.39 is 0 Å². The molecule has 0 aromatic carbocycles. The van der Waals surface area contributed by atoms with Crippen LogP contribution in [0.3, 0.4) is 0 Å². The molecule has 15 heavy (non-hydrogen) atoms. The number of nitrogens with one attached hydrogen (secondary N) is 1. The van der Waals surface area contributed by atoms with Gasteiger partial charge in [-0.1, -0.05) is 0 Å². The van der Waals surface area contributed by atoms with Crippen molar-refractivity contribution in [2.75, 3.05) is 18.5 Å². The van der Waals surface area contributed by atoms with Crippen LogP contribution in [0.1, 0.15) is 19.0 Å². The quantitative estimate of drug-likeness (QED) is 0.786. The number of hydrogen-bond acceptors (Lipinski definition) is 4. The van der Waals surface area contributed by atoms with Gasteiger partial charge in [-0.2, -0.15) is 0 Å². The molecule has 2 heterocycles. The maximum Gasteiger partial charge on any atom is 0.224 e. The minimum atomic E-state index is -0.0376. The van der Waals surface area contributed by atoms with Crippen molar-refractivity contribution in [3.63, 3.8) is 0 Å². The molecule has 0 bridgehead atoms. The van der Waals surface area contributed by atoms with E-state index in [2.05, 4.69) is 22.2 Å². The van der Waals surface area contributed by atoms with Crippen LogP contribution in [0.2, 0.25) is 5.28 Å². The summed E-state index contributed by atoms with van der Waals surface area (Å²) < 4.78 is 5.35. The Morgan fingerprint density at radius 1 is 1.53 bits per heavy atom. The Bertz CT molecular complexity index is 343. The number of aromatic nitrogens is 2. The number of aryl methyl sites for hydroxylation is 1. The molecule has 1 saturated heterocycles. The van der Waals surface area contributed by atoms with Gasteiger partial charge in [0.1, 0.15) is 5.82 Å². The summed E-state index contributed by atoms with van der Waals surface area (Å²) in [4.78, 5) is 8.14. The van der Waals surface area contributed by atoms with Crippen LogP contribution in [0.5, 0.6) is 0 Å². The summed E-state index contributed by atoms with van der Waals surface area (Å²) in [5.41, 5.74) is 0.824. The normalized spacial score (nSPS) is 25.5. The summed E-state index contributed by atoms with van der Waals surface area (Å²) >= 11 is 5.79. The molecule has 1 aromatic heterocycles. The molecule has 1 aliphatic rings. The molecule has 1 aromatic rings. The van der Waals surface area contributed by atoms with Crippen molar-refractivity contribution in [1.82, 2.24) is 9.97 Å². The second kappa shape index (κ2) is 3.94. The molecule has 0 spiro atoms. The van der Waals surface area contributed by atoms with Gasteiger partial charge in [-0.05, 0) is 31.9 Å². The van der Waals surface area contributed by atoms with Crippen molar-refractivity contribution < 1.29 is 4.74 Å². The van der Waals surface area contributed by atoms with E-state index in [4.69, 9.17) is 16.3 Å². The van der Waals surface area contributed by atoms with Crippen LogP contribution in [0.15, 0.2) is 6.07 Å². The first-order valence-corrected chi connectivity index (χ1v) is 5.32. The van der Waals surface area contributed by atoms with Gasteiger partial charge in [-0.25, -0.2) is 9.97 Å². The van der Waals surface area contributed by atoms with E-state index in [0.717, 1.165) is 24.5 Å². The Morgan fingerprint density at radius 3 is 2.93 bits per heavy atom. The van der Waals surface area contributed by atoms with Gasteiger partial charge in [0.15, 0.2) is 0 Å². The molecule has 0 saturated carbocycles. The van der Waals surface area contributed by atoms with E-state index in [0.29, 0.717) is 6.61 Å². The minimum absolute atomic E-state index is 0.0376. The Hall–Kier alpha value is -0.870. The number of nitrogens with zero attached hydrogens (tertiary/aromatic N) is 2. The Kier molecular flexibility index (Phi) is 2.80. The lowest BCUT2D eigenvalue weighted by molar-refractivity contribution is 0.185. The van der Waals surface area contributed by atoms with Crippen molar-refractivity contribution in [3.05, 3.63) is 17.0 Å². The fourth-order valence-electron chi connectivity index (χ4n) is 1.67. The summed E-state index contributed by atoms with van der Waals surface area (Å²) in [5, 5.41) is 3.62. The standard InChI is InChI=1S/C10H14ClN3O/c1-7-5-8(13-9(11)12-7)14-10(2)3-4-15-6-10/h5H,3-4,6H2,1-2H3,(H,12,13,14). The van der Waals surface area contributed by atoms with Crippen LogP contribution >= 0.6 is 11.6 Å². The van der Waals surface area contributed by atoms with Gasteiger partial charge in [-0.3, -0.25) is 0 Å². The topological polar surface area (TPSA) is 47.0 Å². The average Bonchev–Trinajstić information content (AvgIpc) is 2.49. The van der Waals surface area contributed by atoms with Crippen molar-refractivity contribution in [2.45, 2.75) is 25.8 Å². The molecule has 1 fully saturated rings.